The summed E-state index contributed by atoms with van der Waals surface area (Å²) in [6.45, 7) is 0. The van der Waals surface area contributed by atoms with Gasteiger partial charge in [-0.1, -0.05) is 36.4 Å². The molecule has 0 saturated carbocycles. The van der Waals surface area contributed by atoms with Crippen molar-refractivity contribution in [1.29, 1.82) is 0 Å². The first-order chi connectivity index (χ1) is 12.2. The third-order valence-corrected chi connectivity index (χ3v) is 4.27. The zero-order chi connectivity index (χ0) is 17.2. The Morgan fingerprint density at radius 3 is 2.56 bits per heavy atom. The summed E-state index contributed by atoms with van der Waals surface area (Å²) in [6.07, 6.45) is 2.57. The lowest BCUT2D eigenvalue weighted by Crippen LogP contribution is -2.00. The van der Waals surface area contributed by atoms with E-state index in [1.807, 2.05) is 18.2 Å². The molecule has 5 heteroatoms. The molecular formula is C20H17N3O2. The van der Waals surface area contributed by atoms with Gasteiger partial charge >= 0.3 is 5.97 Å². The number of H-pyrrole nitrogens is 2. The van der Waals surface area contributed by atoms with E-state index < -0.39 is 0 Å². The smallest absolute Gasteiger partial charge is 0.354 e. The fraction of sp³-hybridized carbons (Fsp3) is 0.100. The van der Waals surface area contributed by atoms with Crippen LogP contribution >= 0.6 is 0 Å². The van der Waals surface area contributed by atoms with E-state index in [0.29, 0.717) is 5.69 Å². The Bertz CT molecular complexity index is 1010. The van der Waals surface area contributed by atoms with Crippen molar-refractivity contribution in [3.05, 3.63) is 77.6 Å². The summed E-state index contributed by atoms with van der Waals surface area (Å²) in [4.78, 5) is 14.7. The second-order valence-corrected chi connectivity index (χ2v) is 5.94. The molecule has 0 bridgehead atoms. The molecule has 25 heavy (non-hydrogen) atoms. The van der Waals surface area contributed by atoms with Crippen LogP contribution < -0.4 is 0 Å². The van der Waals surface area contributed by atoms with E-state index in [9.17, 15) is 4.79 Å². The van der Waals surface area contributed by atoms with Crippen molar-refractivity contribution in [2.75, 3.05) is 7.11 Å². The number of ether oxygens (including phenoxy) is 1. The van der Waals surface area contributed by atoms with E-state index >= 15 is 0 Å². The summed E-state index contributed by atoms with van der Waals surface area (Å²) < 4.78 is 4.76. The summed E-state index contributed by atoms with van der Waals surface area (Å²) in [7, 11) is 1.38. The van der Waals surface area contributed by atoms with E-state index in [4.69, 9.17) is 4.74 Å². The van der Waals surface area contributed by atoms with Crippen LogP contribution in [0.3, 0.4) is 0 Å². The number of rotatable bonds is 4. The highest BCUT2D eigenvalue weighted by molar-refractivity contribution is 5.94. The number of carbonyl (C=O) groups excluding carboxylic acids is 1. The summed E-state index contributed by atoms with van der Waals surface area (Å²) in [6, 6.07) is 18.4. The Hall–Kier alpha value is -3.34. The van der Waals surface area contributed by atoms with Crippen LogP contribution in [-0.2, 0) is 11.2 Å². The van der Waals surface area contributed by atoms with Crippen LogP contribution in [0.1, 0.15) is 21.6 Å². The van der Waals surface area contributed by atoms with Gasteiger partial charge in [0.25, 0.3) is 0 Å². The number of hydrogen-bond acceptors (Lipinski definition) is 3. The van der Waals surface area contributed by atoms with Crippen LogP contribution in [0.4, 0.5) is 0 Å². The van der Waals surface area contributed by atoms with E-state index in [2.05, 4.69) is 51.6 Å². The first-order valence-corrected chi connectivity index (χ1v) is 8.01. The Labute approximate surface area is 144 Å². The molecule has 0 radical (unpaired) electrons. The largest absolute Gasteiger partial charge is 0.464 e. The number of esters is 1. The van der Waals surface area contributed by atoms with E-state index in [0.717, 1.165) is 28.6 Å². The van der Waals surface area contributed by atoms with Crippen molar-refractivity contribution in [3.63, 3.8) is 0 Å². The van der Waals surface area contributed by atoms with Crippen molar-refractivity contribution in [3.8, 4) is 11.3 Å². The van der Waals surface area contributed by atoms with Crippen LogP contribution in [0.25, 0.3) is 22.2 Å². The number of hydrogen-bond donors (Lipinski definition) is 2. The van der Waals surface area contributed by atoms with Crippen LogP contribution in [0.15, 0.2) is 60.8 Å². The third kappa shape index (κ3) is 3.04. The SMILES string of the molecule is COC(=O)c1cc2ccc(Cc3ccc(-c4ccn[nH]4)cc3)cc2[nH]1. The number of nitrogens with zero attached hydrogens (tertiary/aromatic N) is 1. The van der Waals surface area contributed by atoms with Gasteiger partial charge in [0.2, 0.25) is 0 Å². The maximum absolute atomic E-state index is 11.6. The van der Waals surface area contributed by atoms with Gasteiger partial charge in [-0.15, -0.1) is 0 Å². The Kier molecular flexibility index (Phi) is 3.82. The van der Waals surface area contributed by atoms with Gasteiger partial charge in [0.15, 0.2) is 0 Å². The van der Waals surface area contributed by atoms with Gasteiger partial charge < -0.3 is 9.72 Å². The van der Waals surface area contributed by atoms with Crippen LogP contribution in [0.2, 0.25) is 0 Å². The lowest BCUT2D eigenvalue weighted by Gasteiger charge is -2.04. The number of nitrogens with one attached hydrogen (secondary N) is 2. The van der Waals surface area contributed by atoms with Gasteiger partial charge in [-0.3, -0.25) is 5.10 Å². The quantitative estimate of drug-likeness (QED) is 0.557. The molecule has 0 aliphatic carbocycles. The molecule has 124 valence electrons. The van der Waals surface area contributed by atoms with Crippen molar-refractivity contribution in [2.45, 2.75) is 6.42 Å². The molecule has 2 N–H and O–H groups in total. The van der Waals surface area contributed by atoms with Crippen LogP contribution in [0, 0.1) is 0 Å². The number of fused-ring (bicyclic) bond motifs is 1. The third-order valence-electron chi connectivity index (χ3n) is 4.27. The Morgan fingerprint density at radius 1 is 1.04 bits per heavy atom. The Balaban J connectivity index is 1.56. The minimum absolute atomic E-state index is 0.354. The molecule has 4 rings (SSSR count). The molecule has 2 heterocycles. The highest BCUT2D eigenvalue weighted by atomic mass is 16.5. The molecule has 2 aromatic heterocycles. The summed E-state index contributed by atoms with van der Waals surface area (Å²) in [5.74, 6) is -0.354. The molecular weight excluding hydrogens is 314 g/mol. The lowest BCUT2D eigenvalue weighted by atomic mass is 10.0. The average molecular weight is 331 g/mol. The molecule has 4 aromatic rings. The van der Waals surface area contributed by atoms with Gasteiger partial charge in [0, 0.05) is 17.1 Å². The van der Waals surface area contributed by atoms with Gasteiger partial charge in [-0.25, -0.2) is 4.79 Å². The molecule has 0 saturated heterocycles. The monoisotopic (exact) mass is 331 g/mol. The summed E-state index contributed by atoms with van der Waals surface area (Å²) >= 11 is 0. The summed E-state index contributed by atoms with van der Waals surface area (Å²) in [5.41, 5.74) is 5.94. The molecule has 0 amide bonds. The first kappa shape index (κ1) is 15.2. The topological polar surface area (TPSA) is 70.8 Å². The van der Waals surface area contributed by atoms with Crippen LogP contribution in [0.5, 0.6) is 0 Å². The molecule has 2 aromatic carbocycles. The van der Waals surface area contributed by atoms with Crippen LogP contribution in [-0.4, -0.2) is 28.3 Å². The van der Waals surface area contributed by atoms with E-state index in [-0.39, 0.29) is 5.97 Å². The molecule has 0 spiro atoms. The fourth-order valence-corrected chi connectivity index (χ4v) is 2.96. The molecule has 0 atom stereocenters. The highest BCUT2D eigenvalue weighted by Gasteiger charge is 2.09. The van der Waals surface area contributed by atoms with Crippen molar-refractivity contribution < 1.29 is 9.53 Å². The number of carbonyl (C=O) groups is 1. The van der Waals surface area contributed by atoms with Gasteiger partial charge in [0.1, 0.15) is 5.69 Å². The normalized spacial score (nSPS) is 10.9. The lowest BCUT2D eigenvalue weighted by molar-refractivity contribution is 0.0595. The maximum Gasteiger partial charge on any atom is 0.354 e. The average Bonchev–Trinajstić information content (AvgIpc) is 3.31. The number of benzene rings is 2. The highest BCUT2D eigenvalue weighted by Crippen LogP contribution is 2.21. The standard InChI is InChI=1S/C20H17N3O2/c1-25-20(24)19-12-16-7-4-14(11-18(16)22-19)10-13-2-5-15(6-3-13)17-8-9-21-23-17/h2-9,11-12,22H,10H2,1H3,(H,21,23). The number of aromatic amines is 2. The predicted octanol–water partition coefficient (Wildman–Crippen LogP) is 3.94. The zero-order valence-corrected chi connectivity index (χ0v) is 13.7. The van der Waals surface area contributed by atoms with E-state index in [1.54, 1.807) is 6.20 Å². The minimum Gasteiger partial charge on any atom is -0.464 e. The predicted molar refractivity (Wildman–Crippen MR) is 96.5 cm³/mol. The second-order valence-electron chi connectivity index (χ2n) is 5.94. The van der Waals surface area contributed by atoms with Gasteiger partial charge in [0.05, 0.1) is 12.8 Å². The molecule has 5 nitrogen and oxygen atoms in total. The van der Waals surface area contributed by atoms with E-state index in [1.165, 1.54) is 18.2 Å². The van der Waals surface area contributed by atoms with Gasteiger partial charge in [-0.05, 0) is 41.3 Å². The van der Waals surface area contributed by atoms with Crippen molar-refractivity contribution in [1.82, 2.24) is 15.2 Å². The molecule has 0 aliphatic rings. The molecule has 0 aliphatic heterocycles. The first-order valence-electron chi connectivity index (χ1n) is 8.01. The minimum atomic E-state index is -0.354. The van der Waals surface area contributed by atoms with Crippen molar-refractivity contribution >= 4 is 16.9 Å². The maximum atomic E-state index is 11.6. The van der Waals surface area contributed by atoms with Crippen molar-refractivity contribution in [2.24, 2.45) is 0 Å². The second kappa shape index (κ2) is 6.28. The van der Waals surface area contributed by atoms with Gasteiger partial charge in [-0.2, -0.15) is 5.10 Å². The molecule has 0 unspecified atom stereocenters. The summed E-state index contributed by atoms with van der Waals surface area (Å²) in [5, 5.41) is 7.94. The number of aromatic nitrogens is 3. The zero-order valence-electron chi connectivity index (χ0n) is 13.7. The Morgan fingerprint density at radius 2 is 1.84 bits per heavy atom. The fourth-order valence-electron chi connectivity index (χ4n) is 2.96. The molecule has 0 fully saturated rings. The number of methoxy groups -OCH3 is 1.